The maximum absolute atomic E-state index is 12.7. The minimum atomic E-state index is 0.0740. The Morgan fingerprint density at radius 3 is 2.89 bits per heavy atom. The van der Waals surface area contributed by atoms with Gasteiger partial charge in [0, 0.05) is 31.4 Å². The molecule has 4 heteroatoms. The van der Waals surface area contributed by atoms with Gasteiger partial charge in [0.05, 0.1) is 0 Å². The highest BCUT2D eigenvalue weighted by atomic mass is 16.2. The zero-order valence-corrected chi connectivity index (χ0v) is 12.0. The number of nitrogens with zero attached hydrogens (tertiary/aromatic N) is 2. The van der Waals surface area contributed by atoms with E-state index in [4.69, 9.17) is 0 Å². The van der Waals surface area contributed by atoms with Crippen molar-refractivity contribution in [3.8, 4) is 0 Å². The first-order chi connectivity index (χ1) is 9.17. The maximum atomic E-state index is 12.7. The van der Waals surface area contributed by atoms with Crippen LogP contribution in [0, 0.1) is 6.92 Å². The van der Waals surface area contributed by atoms with E-state index >= 15 is 0 Å². The third kappa shape index (κ3) is 2.95. The lowest BCUT2D eigenvalue weighted by Crippen LogP contribution is -2.58. The summed E-state index contributed by atoms with van der Waals surface area (Å²) in [6, 6.07) is 4.49. The fourth-order valence-corrected chi connectivity index (χ4v) is 2.60. The molecular weight excluding hydrogens is 238 g/mol. The molecule has 0 spiro atoms. The first-order valence-corrected chi connectivity index (χ1v) is 7.13. The number of nitrogens with one attached hydrogen (secondary N) is 1. The van der Waals surface area contributed by atoms with Crippen molar-refractivity contribution in [1.82, 2.24) is 15.2 Å². The summed E-state index contributed by atoms with van der Waals surface area (Å²) in [6.45, 7) is 7.89. The van der Waals surface area contributed by atoms with Gasteiger partial charge in [-0.05, 0) is 31.4 Å². The minimum absolute atomic E-state index is 0.0740. The molecule has 1 fully saturated rings. The van der Waals surface area contributed by atoms with Crippen LogP contribution >= 0.6 is 0 Å². The standard InChI is InChI=1S/C15H23N3O/c1-4-12-10-18(13(5-2)9-17-12)15(19)14-11(3)7-6-8-16-14/h6-8,12-13,17H,4-5,9-10H2,1-3H3. The van der Waals surface area contributed by atoms with Crippen molar-refractivity contribution in [3.05, 3.63) is 29.6 Å². The lowest BCUT2D eigenvalue weighted by atomic mass is 10.0. The van der Waals surface area contributed by atoms with E-state index in [0.717, 1.165) is 31.5 Å². The number of carbonyl (C=O) groups is 1. The van der Waals surface area contributed by atoms with Crippen molar-refractivity contribution in [2.75, 3.05) is 13.1 Å². The SMILES string of the molecule is CCC1CN(C(=O)c2ncccc2C)C(CC)CN1. The van der Waals surface area contributed by atoms with Crippen LogP contribution in [0.4, 0.5) is 0 Å². The average Bonchev–Trinajstić information content (AvgIpc) is 2.46. The van der Waals surface area contributed by atoms with Crippen molar-refractivity contribution >= 4 is 5.91 Å². The number of aryl methyl sites for hydroxylation is 1. The number of rotatable bonds is 3. The molecule has 1 aliphatic heterocycles. The summed E-state index contributed by atoms with van der Waals surface area (Å²) in [4.78, 5) is 18.9. The molecule has 0 aliphatic carbocycles. The van der Waals surface area contributed by atoms with Crippen LogP contribution in [-0.2, 0) is 0 Å². The summed E-state index contributed by atoms with van der Waals surface area (Å²) in [6.07, 6.45) is 3.71. The molecule has 1 N–H and O–H groups in total. The summed E-state index contributed by atoms with van der Waals surface area (Å²) < 4.78 is 0. The molecule has 0 radical (unpaired) electrons. The van der Waals surface area contributed by atoms with Gasteiger partial charge in [-0.25, -0.2) is 0 Å². The van der Waals surface area contributed by atoms with Gasteiger partial charge in [-0.1, -0.05) is 19.9 Å². The zero-order valence-electron chi connectivity index (χ0n) is 12.0. The van der Waals surface area contributed by atoms with E-state index in [9.17, 15) is 4.79 Å². The predicted octanol–water partition coefficient (Wildman–Crippen LogP) is 1.99. The second-order valence-corrected chi connectivity index (χ2v) is 5.20. The third-order valence-corrected chi connectivity index (χ3v) is 3.94. The van der Waals surface area contributed by atoms with Gasteiger partial charge in [0.2, 0.25) is 0 Å². The molecule has 2 rings (SSSR count). The van der Waals surface area contributed by atoms with Crippen LogP contribution in [0.1, 0.15) is 42.7 Å². The Morgan fingerprint density at radius 1 is 1.47 bits per heavy atom. The van der Waals surface area contributed by atoms with E-state index in [1.54, 1.807) is 6.20 Å². The van der Waals surface area contributed by atoms with Crippen molar-refractivity contribution < 1.29 is 4.79 Å². The third-order valence-electron chi connectivity index (χ3n) is 3.94. The van der Waals surface area contributed by atoms with Gasteiger partial charge in [0.25, 0.3) is 5.91 Å². The fourth-order valence-electron chi connectivity index (χ4n) is 2.60. The quantitative estimate of drug-likeness (QED) is 0.905. The first-order valence-electron chi connectivity index (χ1n) is 7.13. The lowest BCUT2D eigenvalue weighted by Gasteiger charge is -2.40. The normalized spacial score (nSPS) is 23.4. The molecular formula is C15H23N3O. The number of pyridine rings is 1. The van der Waals surface area contributed by atoms with E-state index < -0.39 is 0 Å². The average molecular weight is 261 g/mol. The monoisotopic (exact) mass is 261 g/mol. The molecule has 1 aliphatic rings. The smallest absolute Gasteiger partial charge is 0.273 e. The van der Waals surface area contributed by atoms with Crippen LogP contribution in [0.2, 0.25) is 0 Å². The van der Waals surface area contributed by atoms with Crippen LogP contribution in [0.15, 0.2) is 18.3 Å². The molecule has 2 atom stereocenters. The van der Waals surface area contributed by atoms with Crippen LogP contribution < -0.4 is 5.32 Å². The lowest BCUT2D eigenvalue weighted by molar-refractivity contribution is 0.0569. The molecule has 104 valence electrons. The number of hydrogen-bond acceptors (Lipinski definition) is 3. The summed E-state index contributed by atoms with van der Waals surface area (Å²) in [7, 11) is 0. The Morgan fingerprint density at radius 2 is 2.26 bits per heavy atom. The van der Waals surface area contributed by atoms with Gasteiger partial charge >= 0.3 is 0 Å². The highest BCUT2D eigenvalue weighted by Gasteiger charge is 2.31. The molecule has 1 aromatic rings. The molecule has 4 nitrogen and oxygen atoms in total. The van der Waals surface area contributed by atoms with Crippen LogP contribution in [0.5, 0.6) is 0 Å². The first kappa shape index (κ1) is 14.0. The number of carbonyl (C=O) groups excluding carboxylic acids is 1. The molecule has 2 unspecified atom stereocenters. The Kier molecular flexibility index (Phi) is 4.53. The summed E-state index contributed by atoms with van der Waals surface area (Å²) >= 11 is 0. The molecule has 0 bridgehead atoms. The highest BCUT2D eigenvalue weighted by molar-refractivity contribution is 5.94. The molecule has 0 saturated carbocycles. The number of aromatic nitrogens is 1. The second-order valence-electron chi connectivity index (χ2n) is 5.20. The molecule has 1 aromatic heterocycles. The minimum Gasteiger partial charge on any atom is -0.331 e. The number of hydrogen-bond donors (Lipinski definition) is 1. The van der Waals surface area contributed by atoms with E-state index in [1.165, 1.54) is 0 Å². The Hall–Kier alpha value is -1.42. The topological polar surface area (TPSA) is 45.2 Å². The van der Waals surface area contributed by atoms with E-state index in [1.807, 2.05) is 24.0 Å². The van der Waals surface area contributed by atoms with E-state index in [2.05, 4.69) is 24.1 Å². The molecule has 1 saturated heterocycles. The van der Waals surface area contributed by atoms with Crippen molar-refractivity contribution in [3.63, 3.8) is 0 Å². The maximum Gasteiger partial charge on any atom is 0.273 e. The fraction of sp³-hybridized carbons (Fsp3) is 0.600. The van der Waals surface area contributed by atoms with Gasteiger partial charge in [0.1, 0.15) is 5.69 Å². The molecule has 0 aromatic carbocycles. The molecule has 2 heterocycles. The molecule has 19 heavy (non-hydrogen) atoms. The largest absolute Gasteiger partial charge is 0.331 e. The summed E-state index contributed by atoms with van der Waals surface area (Å²) in [5.41, 5.74) is 1.55. The van der Waals surface area contributed by atoms with Gasteiger partial charge in [-0.2, -0.15) is 0 Å². The van der Waals surface area contributed by atoms with Gasteiger partial charge < -0.3 is 10.2 Å². The van der Waals surface area contributed by atoms with Crippen molar-refractivity contribution in [1.29, 1.82) is 0 Å². The van der Waals surface area contributed by atoms with Crippen LogP contribution in [0.25, 0.3) is 0 Å². The zero-order chi connectivity index (χ0) is 13.8. The highest BCUT2D eigenvalue weighted by Crippen LogP contribution is 2.16. The van der Waals surface area contributed by atoms with Crippen molar-refractivity contribution in [2.45, 2.75) is 45.7 Å². The number of piperazine rings is 1. The van der Waals surface area contributed by atoms with Gasteiger partial charge in [-0.3, -0.25) is 9.78 Å². The Labute approximate surface area is 115 Å². The summed E-state index contributed by atoms with van der Waals surface area (Å²) in [5, 5.41) is 3.51. The van der Waals surface area contributed by atoms with Crippen LogP contribution in [-0.4, -0.2) is 41.0 Å². The summed E-state index contributed by atoms with van der Waals surface area (Å²) in [5.74, 6) is 0.0740. The van der Waals surface area contributed by atoms with Crippen LogP contribution in [0.3, 0.4) is 0 Å². The number of amides is 1. The van der Waals surface area contributed by atoms with E-state index in [-0.39, 0.29) is 11.9 Å². The van der Waals surface area contributed by atoms with Gasteiger partial charge in [-0.15, -0.1) is 0 Å². The Bertz CT molecular complexity index is 447. The van der Waals surface area contributed by atoms with Crippen molar-refractivity contribution in [2.24, 2.45) is 0 Å². The predicted molar refractivity (Wildman–Crippen MR) is 76.2 cm³/mol. The Balaban J connectivity index is 2.22. The van der Waals surface area contributed by atoms with E-state index in [0.29, 0.717) is 11.7 Å². The molecule has 1 amide bonds. The second kappa shape index (κ2) is 6.15. The van der Waals surface area contributed by atoms with Gasteiger partial charge in [0.15, 0.2) is 0 Å².